The van der Waals surface area contributed by atoms with Crippen molar-refractivity contribution >= 4 is 22.5 Å². The second kappa shape index (κ2) is 5.89. The number of methoxy groups -OCH3 is 1. The molecule has 2 heterocycles. The second-order valence-corrected chi connectivity index (χ2v) is 5.07. The van der Waals surface area contributed by atoms with Gasteiger partial charge in [0.2, 0.25) is 11.8 Å². The number of benzene rings is 1. The molecule has 0 aliphatic heterocycles. The normalized spacial score (nSPS) is 10.6. The summed E-state index contributed by atoms with van der Waals surface area (Å²) >= 11 is 0. The van der Waals surface area contributed by atoms with Crippen molar-refractivity contribution in [3.8, 4) is 5.88 Å². The first kappa shape index (κ1) is 14.1. The number of ether oxygens (including phenoxy) is 1. The summed E-state index contributed by atoms with van der Waals surface area (Å²) in [5.41, 5.74) is 2.77. The Kier molecular flexibility index (Phi) is 3.78. The van der Waals surface area contributed by atoms with Crippen LogP contribution >= 0.6 is 0 Å². The molecule has 0 atom stereocenters. The van der Waals surface area contributed by atoms with Crippen molar-refractivity contribution < 1.29 is 9.53 Å². The molecule has 1 N–H and O–H groups in total. The van der Waals surface area contributed by atoms with Gasteiger partial charge in [0.25, 0.3) is 0 Å². The number of fused-ring (bicyclic) bond motifs is 1. The van der Waals surface area contributed by atoms with E-state index in [0.717, 1.165) is 16.6 Å². The maximum atomic E-state index is 12.2. The molecule has 0 saturated carbocycles. The van der Waals surface area contributed by atoms with Crippen LogP contribution in [0, 0.1) is 6.92 Å². The average molecular weight is 295 g/mol. The maximum absolute atomic E-state index is 12.2. The fourth-order valence-corrected chi connectivity index (χ4v) is 2.48. The molecule has 2 aromatic heterocycles. The highest BCUT2D eigenvalue weighted by Crippen LogP contribution is 2.19. The van der Waals surface area contributed by atoms with E-state index in [2.05, 4.69) is 16.4 Å². The first-order chi connectivity index (χ1) is 10.7. The Morgan fingerprint density at radius 3 is 2.82 bits per heavy atom. The maximum Gasteiger partial charge on any atom is 0.244 e. The van der Waals surface area contributed by atoms with E-state index in [1.54, 1.807) is 25.4 Å². The van der Waals surface area contributed by atoms with Gasteiger partial charge in [0.1, 0.15) is 6.54 Å². The lowest BCUT2D eigenvalue weighted by atomic mass is 10.2. The topological polar surface area (TPSA) is 56.1 Å². The largest absolute Gasteiger partial charge is 0.481 e. The van der Waals surface area contributed by atoms with E-state index in [-0.39, 0.29) is 12.5 Å². The molecule has 0 spiro atoms. The number of nitrogens with zero attached hydrogens (tertiary/aromatic N) is 2. The molecule has 5 nitrogen and oxygen atoms in total. The minimum atomic E-state index is -0.0866. The van der Waals surface area contributed by atoms with Gasteiger partial charge in [-0.15, -0.1) is 0 Å². The van der Waals surface area contributed by atoms with Crippen molar-refractivity contribution in [3.05, 3.63) is 54.4 Å². The first-order valence-corrected chi connectivity index (χ1v) is 7.02. The Bertz CT molecular complexity index is 806. The summed E-state index contributed by atoms with van der Waals surface area (Å²) < 4.78 is 7.00. The molecule has 22 heavy (non-hydrogen) atoms. The zero-order valence-electron chi connectivity index (χ0n) is 12.5. The van der Waals surface area contributed by atoms with Crippen molar-refractivity contribution in [2.24, 2.45) is 0 Å². The summed E-state index contributed by atoms with van der Waals surface area (Å²) in [4.78, 5) is 16.3. The number of para-hydroxylation sites is 1. The van der Waals surface area contributed by atoms with Crippen LogP contribution in [-0.2, 0) is 11.3 Å². The molecule has 0 unspecified atom stereocenters. The highest BCUT2D eigenvalue weighted by Gasteiger charge is 2.09. The molecular formula is C17H17N3O2. The fourth-order valence-electron chi connectivity index (χ4n) is 2.48. The van der Waals surface area contributed by atoms with Crippen molar-refractivity contribution in [3.63, 3.8) is 0 Å². The quantitative estimate of drug-likeness (QED) is 0.805. The molecule has 0 aliphatic rings. The van der Waals surface area contributed by atoms with Crippen molar-refractivity contribution in [2.75, 3.05) is 12.4 Å². The first-order valence-electron chi connectivity index (χ1n) is 7.02. The zero-order valence-corrected chi connectivity index (χ0v) is 12.5. The molecule has 3 rings (SSSR count). The van der Waals surface area contributed by atoms with Crippen LogP contribution in [0.15, 0.2) is 48.7 Å². The minimum absolute atomic E-state index is 0.0866. The predicted octanol–water partition coefficient (Wildman–Crippen LogP) is 2.99. The number of rotatable bonds is 4. The van der Waals surface area contributed by atoms with Gasteiger partial charge in [-0.2, -0.15) is 0 Å². The highest BCUT2D eigenvalue weighted by molar-refractivity contribution is 5.92. The third-order valence-corrected chi connectivity index (χ3v) is 3.55. The number of carbonyl (C=O) groups is 1. The summed E-state index contributed by atoms with van der Waals surface area (Å²) in [7, 11) is 1.56. The van der Waals surface area contributed by atoms with Crippen molar-refractivity contribution in [1.29, 1.82) is 0 Å². The van der Waals surface area contributed by atoms with Crippen LogP contribution < -0.4 is 10.1 Å². The van der Waals surface area contributed by atoms with Crippen LogP contribution in [-0.4, -0.2) is 22.6 Å². The number of aromatic nitrogens is 2. The van der Waals surface area contributed by atoms with E-state index in [4.69, 9.17) is 4.74 Å². The van der Waals surface area contributed by atoms with Gasteiger partial charge in [-0.3, -0.25) is 4.79 Å². The van der Waals surface area contributed by atoms with Gasteiger partial charge in [-0.1, -0.05) is 18.2 Å². The van der Waals surface area contributed by atoms with E-state index in [1.165, 1.54) is 0 Å². The number of hydrogen-bond donors (Lipinski definition) is 1. The van der Waals surface area contributed by atoms with E-state index < -0.39 is 0 Å². The molecule has 5 heteroatoms. The summed E-state index contributed by atoms with van der Waals surface area (Å²) in [5.74, 6) is 0.432. The summed E-state index contributed by atoms with van der Waals surface area (Å²) in [5, 5.41) is 3.98. The Morgan fingerprint density at radius 1 is 1.27 bits per heavy atom. The van der Waals surface area contributed by atoms with E-state index in [1.807, 2.05) is 35.8 Å². The highest BCUT2D eigenvalue weighted by atomic mass is 16.5. The fraction of sp³-hybridized carbons (Fsp3) is 0.176. The average Bonchev–Trinajstić information content (AvgIpc) is 2.84. The SMILES string of the molecule is COc1ccc(NC(=O)Cn2c(C)cc3ccccc32)cn1. The van der Waals surface area contributed by atoms with Crippen LogP contribution in [0.2, 0.25) is 0 Å². The monoisotopic (exact) mass is 295 g/mol. The molecule has 0 aliphatic carbocycles. The number of anilines is 1. The van der Waals surface area contributed by atoms with Crippen LogP contribution in [0.5, 0.6) is 5.88 Å². The molecule has 112 valence electrons. The van der Waals surface area contributed by atoms with E-state index in [0.29, 0.717) is 11.6 Å². The van der Waals surface area contributed by atoms with E-state index in [9.17, 15) is 4.79 Å². The van der Waals surface area contributed by atoms with Gasteiger partial charge in [0, 0.05) is 17.3 Å². The van der Waals surface area contributed by atoms with Crippen molar-refractivity contribution in [2.45, 2.75) is 13.5 Å². The van der Waals surface area contributed by atoms with Gasteiger partial charge in [-0.25, -0.2) is 4.98 Å². The van der Waals surface area contributed by atoms with Crippen LogP contribution in [0.3, 0.4) is 0 Å². The summed E-state index contributed by atoms with van der Waals surface area (Å²) in [6, 6.07) is 13.6. The number of nitrogens with one attached hydrogen (secondary N) is 1. The van der Waals surface area contributed by atoms with Crippen LogP contribution in [0.25, 0.3) is 10.9 Å². The third-order valence-electron chi connectivity index (χ3n) is 3.55. The predicted molar refractivity (Wildman–Crippen MR) is 86.1 cm³/mol. The molecular weight excluding hydrogens is 278 g/mol. The smallest absolute Gasteiger partial charge is 0.244 e. The van der Waals surface area contributed by atoms with Crippen molar-refractivity contribution in [1.82, 2.24) is 9.55 Å². The van der Waals surface area contributed by atoms with Gasteiger partial charge in [0.05, 0.1) is 19.0 Å². The number of carbonyl (C=O) groups excluding carboxylic acids is 1. The number of aryl methyl sites for hydroxylation is 1. The second-order valence-electron chi connectivity index (χ2n) is 5.07. The summed E-state index contributed by atoms with van der Waals surface area (Å²) in [6.45, 7) is 2.27. The standard InChI is InChI=1S/C17H17N3O2/c1-12-9-13-5-3-4-6-15(13)20(12)11-16(21)19-14-7-8-17(22-2)18-10-14/h3-10H,11H2,1-2H3,(H,19,21). The van der Waals surface area contributed by atoms with Gasteiger partial charge in [0.15, 0.2) is 0 Å². The molecule has 1 aromatic carbocycles. The van der Waals surface area contributed by atoms with Crippen LogP contribution in [0.1, 0.15) is 5.69 Å². The number of pyridine rings is 1. The van der Waals surface area contributed by atoms with E-state index >= 15 is 0 Å². The Morgan fingerprint density at radius 2 is 2.09 bits per heavy atom. The molecule has 3 aromatic rings. The summed E-state index contributed by atoms with van der Waals surface area (Å²) in [6.07, 6.45) is 1.58. The van der Waals surface area contributed by atoms with Gasteiger partial charge < -0.3 is 14.6 Å². The molecule has 0 fully saturated rings. The minimum Gasteiger partial charge on any atom is -0.481 e. The Hall–Kier alpha value is -2.82. The molecule has 0 saturated heterocycles. The molecule has 0 bridgehead atoms. The number of hydrogen-bond acceptors (Lipinski definition) is 3. The lowest BCUT2D eigenvalue weighted by Crippen LogP contribution is -2.19. The number of amides is 1. The Balaban J connectivity index is 1.76. The van der Waals surface area contributed by atoms with Gasteiger partial charge in [-0.05, 0) is 30.5 Å². The Labute approximate surface area is 128 Å². The lowest BCUT2D eigenvalue weighted by molar-refractivity contribution is -0.116. The van der Waals surface area contributed by atoms with Gasteiger partial charge >= 0.3 is 0 Å². The third kappa shape index (κ3) is 2.79. The zero-order chi connectivity index (χ0) is 15.5. The van der Waals surface area contributed by atoms with Crippen LogP contribution in [0.4, 0.5) is 5.69 Å². The molecule has 1 amide bonds. The molecule has 0 radical (unpaired) electrons. The lowest BCUT2D eigenvalue weighted by Gasteiger charge is -2.09.